The van der Waals surface area contributed by atoms with Gasteiger partial charge < -0.3 is 14.8 Å². The highest BCUT2D eigenvalue weighted by Gasteiger charge is 2.15. The molecule has 0 saturated carbocycles. The van der Waals surface area contributed by atoms with E-state index in [9.17, 15) is 0 Å². The molecule has 0 amide bonds. The predicted molar refractivity (Wildman–Crippen MR) is 75.5 cm³/mol. The topological polar surface area (TPSA) is 30.5 Å². The van der Waals surface area contributed by atoms with E-state index in [-0.39, 0.29) is 0 Å². The molecule has 3 nitrogen and oxygen atoms in total. The molecule has 1 atom stereocenters. The van der Waals surface area contributed by atoms with Gasteiger partial charge in [0.25, 0.3) is 0 Å². The van der Waals surface area contributed by atoms with Crippen molar-refractivity contribution in [3.63, 3.8) is 0 Å². The van der Waals surface area contributed by atoms with Gasteiger partial charge in [-0.15, -0.1) is 0 Å². The largest absolute Gasteiger partial charge is 0.376 e. The summed E-state index contributed by atoms with van der Waals surface area (Å²) < 4.78 is 12.4. The number of hydrogen-bond acceptors (Lipinski definition) is 3. The van der Waals surface area contributed by atoms with Crippen LogP contribution in [-0.2, 0) is 22.6 Å². The minimum Gasteiger partial charge on any atom is -0.376 e. The van der Waals surface area contributed by atoms with E-state index in [4.69, 9.17) is 9.47 Å². The van der Waals surface area contributed by atoms with E-state index < -0.39 is 0 Å². The van der Waals surface area contributed by atoms with E-state index in [0.29, 0.717) is 19.3 Å². The highest BCUT2D eigenvalue weighted by Crippen LogP contribution is 2.20. The van der Waals surface area contributed by atoms with E-state index in [0.717, 1.165) is 30.5 Å². The zero-order valence-electron chi connectivity index (χ0n) is 10.7. The Labute approximate surface area is 117 Å². The summed E-state index contributed by atoms with van der Waals surface area (Å²) in [6, 6.07) is 6.39. The van der Waals surface area contributed by atoms with Gasteiger partial charge in [-0.1, -0.05) is 28.1 Å². The van der Waals surface area contributed by atoms with Crippen LogP contribution in [0.25, 0.3) is 0 Å². The second-order valence-electron chi connectivity index (χ2n) is 4.61. The lowest BCUT2D eigenvalue weighted by molar-refractivity contribution is 0.0104. The molecule has 1 aromatic rings. The Morgan fingerprint density at radius 2 is 2.39 bits per heavy atom. The third kappa shape index (κ3) is 4.05. The lowest BCUT2D eigenvalue weighted by Gasteiger charge is -2.11. The van der Waals surface area contributed by atoms with Gasteiger partial charge in [0.15, 0.2) is 0 Å². The first kappa shape index (κ1) is 14.0. The lowest BCUT2D eigenvalue weighted by Crippen LogP contribution is -2.14. The first-order valence-corrected chi connectivity index (χ1v) is 7.20. The number of nitrogens with one attached hydrogen (secondary N) is 1. The minimum absolute atomic E-state index is 0.298. The maximum absolute atomic E-state index is 5.71. The Morgan fingerprint density at radius 1 is 1.50 bits per heavy atom. The smallest absolute Gasteiger partial charge is 0.0809 e. The van der Waals surface area contributed by atoms with Crippen molar-refractivity contribution in [2.24, 2.45) is 0 Å². The van der Waals surface area contributed by atoms with Crippen LogP contribution in [0.2, 0.25) is 0 Å². The molecule has 2 rings (SSSR count). The van der Waals surface area contributed by atoms with Gasteiger partial charge in [-0.2, -0.15) is 0 Å². The Balaban J connectivity index is 1.81. The van der Waals surface area contributed by atoms with Crippen molar-refractivity contribution in [1.29, 1.82) is 0 Å². The fraction of sp³-hybridized carbons (Fsp3) is 0.571. The quantitative estimate of drug-likeness (QED) is 0.876. The van der Waals surface area contributed by atoms with E-state index in [1.54, 1.807) is 0 Å². The molecule has 0 spiro atoms. The molecule has 1 aromatic carbocycles. The Morgan fingerprint density at radius 3 is 3.06 bits per heavy atom. The van der Waals surface area contributed by atoms with Crippen LogP contribution in [0.5, 0.6) is 0 Å². The van der Waals surface area contributed by atoms with Gasteiger partial charge in [0.1, 0.15) is 0 Å². The molecule has 0 aliphatic carbocycles. The molecule has 100 valence electrons. The second kappa shape index (κ2) is 7.24. The predicted octanol–water partition coefficient (Wildman–Crippen LogP) is 2.86. The molecule has 0 radical (unpaired) electrons. The van der Waals surface area contributed by atoms with E-state index in [1.165, 1.54) is 11.1 Å². The number of ether oxygens (including phenoxy) is 2. The van der Waals surface area contributed by atoms with Crippen LogP contribution in [-0.4, -0.2) is 26.4 Å². The van der Waals surface area contributed by atoms with Gasteiger partial charge >= 0.3 is 0 Å². The SMILES string of the molecule is CNCc1ccc(COCC2CCCO2)c(Br)c1. The summed E-state index contributed by atoms with van der Waals surface area (Å²) in [7, 11) is 1.95. The standard InChI is InChI=1S/C14H20BrNO2/c1-16-8-11-4-5-12(14(15)7-11)9-17-10-13-3-2-6-18-13/h4-5,7,13,16H,2-3,6,8-10H2,1H3. The summed E-state index contributed by atoms with van der Waals surface area (Å²) in [4.78, 5) is 0. The maximum atomic E-state index is 5.71. The minimum atomic E-state index is 0.298. The maximum Gasteiger partial charge on any atom is 0.0809 e. The number of benzene rings is 1. The number of hydrogen-bond donors (Lipinski definition) is 1. The summed E-state index contributed by atoms with van der Waals surface area (Å²) in [5.41, 5.74) is 2.46. The van der Waals surface area contributed by atoms with Crippen molar-refractivity contribution < 1.29 is 9.47 Å². The summed E-state index contributed by atoms with van der Waals surface area (Å²) >= 11 is 3.59. The molecule has 4 heteroatoms. The van der Waals surface area contributed by atoms with Crippen molar-refractivity contribution in [3.8, 4) is 0 Å². The van der Waals surface area contributed by atoms with Crippen LogP contribution in [0.1, 0.15) is 24.0 Å². The van der Waals surface area contributed by atoms with Gasteiger partial charge in [-0.05, 0) is 37.1 Å². The van der Waals surface area contributed by atoms with Crippen molar-refractivity contribution in [2.45, 2.75) is 32.1 Å². The molecule has 0 aromatic heterocycles. The highest BCUT2D eigenvalue weighted by atomic mass is 79.9. The Bertz CT molecular complexity index is 378. The Kier molecular flexibility index (Phi) is 5.63. The van der Waals surface area contributed by atoms with Gasteiger partial charge in [0, 0.05) is 17.6 Å². The lowest BCUT2D eigenvalue weighted by atomic mass is 10.1. The highest BCUT2D eigenvalue weighted by molar-refractivity contribution is 9.10. The molecular weight excluding hydrogens is 294 g/mol. The first-order valence-electron chi connectivity index (χ1n) is 6.41. The molecule has 18 heavy (non-hydrogen) atoms. The van der Waals surface area contributed by atoms with Crippen LogP contribution in [0.3, 0.4) is 0 Å². The zero-order valence-corrected chi connectivity index (χ0v) is 12.3. The fourth-order valence-corrected chi connectivity index (χ4v) is 2.64. The first-order chi connectivity index (χ1) is 8.79. The summed E-state index contributed by atoms with van der Waals surface area (Å²) in [6.07, 6.45) is 2.59. The van der Waals surface area contributed by atoms with Crippen LogP contribution < -0.4 is 5.32 Å². The third-order valence-corrected chi connectivity index (χ3v) is 3.82. The van der Waals surface area contributed by atoms with Crippen molar-refractivity contribution in [1.82, 2.24) is 5.32 Å². The average molecular weight is 314 g/mol. The van der Waals surface area contributed by atoms with Gasteiger partial charge in [0.05, 0.1) is 19.3 Å². The van der Waals surface area contributed by atoms with Crippen LogP contribution >= 0.6 is 15.9 Å². The fourth-order valence-electron chi connectivity index (χ4n) is 2.10. The van der Waals surface area contributed by atoms with Crippen LogP contribution in [0.15, 0.2) is 22.7 Å². The van der Waals surface area contributed by atoms with E-state index in [2.05, 4.69) is 39.4 Å². The molecule has 1 aliphatic rings. The van der Waals surface area contributed by atoms with Crippen LogP contribution in [0.4, 0.5) is 0 Å². The normalized spacial score (nSPS) is 19.3. The van der Waals surface area contributed by atoms with E-state index >= 15 is 0 Å². The molecule has 1 saturated heterocycles. The molecule has 1 N–H and O–H groups in total. The average Bonchev–Trinajstić information content (AvgIpc) is 2.85. The molecule has 1 aliphatic heterocycles. The van der Waals surface area contributed by atoms with Crippen molar-refractivity contribution in [3.05, 3.63) is 33.8 Å². The van der Waals surface area contributed by atoms with E-state index in [1.807, 2.05) is 7.05 Å². The van der Waals surface area contributed by atoms with Gasteiger partial charge in [-0.25, -0.2) is 0 Å². The monoisotopic (exact) mass is 313 g/mol. The summed E-state index contributed by atoms with van der Waals surface area (Å²) in [6.45, 7) is 3.11. The summed E-state index contributed by atoms with van der Waals surface area (Å²) in [5, 5.41) is 3.14. The van der Waals surface area contributed by atoms with Gasteiger partial charge in [-0.3, -0.25) is 0 Å². The molecular formula is C14H20BrNO2. The number of halogens is 1. The second-order valence-corrected chi connectivity index (χ2v) is 5.46. The van der Waals surface area contributed by atoms with Crippen molar-refractivity contribution >= 4 is 15.9 Å². The molecule has 0 bridgehead atoms. The van der Waals surface area contributed by atoms with Gasteiger partial charge in [0.2, 0.25) is 0 Å². The molecule has 1 fully saturated rings. The summed E-state index contributed by atoms with van der Waals surface area (Å²) in [5.74, 6) is 0. The molecule has 1 unspecified atom stereocenters. The number of rotatable bonds is 6. The third-order valence-electron chi connectivity index (χ3n) is 3.08. The molecule has 1 heterocycles. The van der Waals surface area contributed by atoms with Crippen molar-refractivity contribution in [2.75, 3.05) is 20.3 Å². The zero-order chi connectivity index (χ0) is 12.8. The van der Waals surface area contributed by atoms with Crippen LogP contribution in [0, 0.1) is 0 Å². The Hall–Kier alpha value is -0.420.